The SMILES string of the molecule is CC(C)CCn1nc(-c2cccs2)ccc1=O. The number of thiophene rings is 1. The molecule has 0 aromatic carbocycles. The van der Waals surface area contributed by atoms with Crippen molar-refractivity contribution in [2.75, 3.05) is 0 Å². The summed E-state index contributed by atoms with van der Waals surface area (Å²) < 4.78 is 1.56. The number of hydrogen-bond acceptors (Lipinski definition) is 3. The van der Waals surface area contributed by atoms with Gasteiger partial charge in [-0.2, -0.15) is 5.10 Å². The molecule has 0 bridgehead atoms. The highest BCUT2D eigenvalue weighted by atomic mass is 32.1. The lowest BCUT2D eigenvalue weighted by Crippen LogP contribution is -2.22. The first-order valence-corrected chi connectivity index (χ1v) is 6.67. The van der Waals surface area contributed by atoms with E-state index < -0.39 is 0 Å². The van der Waals surface area contributed by atoms with Gasteiger partial charge in [-0.25, -0.2) is 4.68 Å². The van der Waals surface area contributed by atoms with Crippen molar-refractivity contribution in [1.29, 1.82) is 0 Å². The predicted molar refractivity (Wildman–Crippen MR) is 71.3 cm³/mol. The first kappa shape index (κ1) is 12.0. The summed E-state index contributed by atoms with van der Waals surface area (Å²) in [4.78, 5) is 12.8. The fourth-order valence-electron chi connectivity index (χ4n) is 1.55. The van der Waals surface area contributed by atoms with Crippen LogP contribution in [0.4, 0.5) is 0 Å². The smallest absolute Gasteiger partial charge is 0.266 e. The summed E-state index contributed by atoms with van der Waals surface area (Å²) in [6, 6.07) is 7.40. The van der Waals surface area contributed by atoms with E-state index in [1.165, 1.54) is 0 Å². The minimum absolute atomic E-state index is 0.0223. The van der Waals surface area contributed by atoms with Crippen LogP contribution in [0.1, 0.15) is 20.3 Å². The third-order valence-electron chi connectivity index (χ3n) is 2.56. The van der Waals surface area contributed by atoms with E-state index >= 15 is 0 Å². The molecule has 2 aromatic heterocycles. The summed E-state index contributed by atoms with van der Waals surface area (Å²) in [7, 11) is 0. The van der Waals surface area contributed by atoms with E-state index in [9.17, 15) is 4.79 Å². The second-order valence-corrected chi connectivity index (χ2v) is 5.39. The van der Waals surface area contributed by atoms with Gasteiger partial charge in [0.05, 0.1) is 4.88 Å². The number of aryl methyl sites for hydroxylation is 1. The average Bonchev–Trinajstić information content (AvgIpc) is 2.81. The molecular formula is C13H16N2OS. The van der Waals surface area contributed by atoms with Gasteiger partial charge in [-0.05, 0) is 29.9 Å². The Hall–Kier alpha value is -1.42. The molecule has 2 heterocycles. The molecule has 2 rings (SSSR count). The maximum Gasteiger partial charge on any atom is 0.266 e. The lowest BCUT2D eigenvalue weighted by Gasteiger charge is -2.07. The quantitative estimate of drug-likeness (QED) is 0.833. The van der Waals surface area contributed by atoms with Gasteiger partial charge in [0.2, 0.25) is 0 Å². The summed E-state index contributed by atoms with van der Waals surface area (Å²) >= 11 is 1.64. The van der Waals surface area contributed by atoms with E-state index in [0.29, 0.717) is 12.5 Å². The van der Waals surface area contributed by atoms with Crippen LogP contribution in [0.2, 0.25) is 0 Å². The van der Waals surface area contributed by atoms with Crippen molar-refractivity contribution < 1.29 is 0 Å². The number of aromatic nitrogens is 2. The third kappa shape index (κ3) is 3.03. The third-order valence-corrected chi connectivity index (χ3v) is 3.45. The molecule has 4 heteroatoms. The van der Waals surface area contributed by atoms with Crippen LogP contribution < -0.4 is 5.56 Å². The topological polar surface area (TPSA) is 34.9 Å². The van der Waals surface area contributed by atoms with E-state index in [1.807, 2.05) is 17.5 Å². The molecule has 17 heavy (non-hydrogen) atoms. The number of nitrogens with zero attached hydrogens (tertiary/aromatic N) is 2. The highest BCUT2D eigenvalue weighted by molar-refractivity contribution is 7.13. The summed E-state index contributed by atoms with van der Waals surface area (Å²) in [5.74, 6) is 0.578. The summed E-state index contributed by atoms with van der Waals surface area (Å²) in [6.07, 6.45) is 0.973. The van der Waals surface area contributed by atoms with E-state index in [0.717, 1.165) is 17.0 Å². The largest absolute Gasteiger partial charge is 0.268 e. The normalized spacial score (nSPS) is 11.0. The maximum absolute atomic E-state index is 11.7. The molecule has 0 fully saturated rings. The lowest BCUT2D eigenvalue weighted by molar-refractivity contribution is 0.473. The van der Waals surface area contributed by atoms with Gasteiger partial charge < -0.3 is 0 Å². The first-order chi connectivity index (χ1) is 8.16. The molecule has 0 saturated heterocycles. The van der Waals surface area contributed by atoms with Crippen molar-refractivity contribution in [3.05, 3.63) is 40.0 Å². The molecule has 90 valence electrons. The first-order valence-electron chi connectivity index (χ1n) is 5.79. The van der Waals surface area contributed by atoms with Crippen LogP contribution in [0.5, 0.6) is 0 Å². The summed E-state index contributed by atoms with van der Waals surface area (Å²) in [5.41, 5.74) is 0.856. The van der Waals surface area contributed by atoms with Crippen molar-refractivity contribution in [3.63, 3.8) is 0 Å². The lowest BCUT2D eigenvalue weighted by atomic mass is 10.1. The van der Waals surface area contributed by atoms with Crippen molar-refractivity contribution >= 4 is 11.3 Å². The van der Waals surface area contributed by atoms with Crippen LogP contribution in [0.15, 0.2) is 34.4 Å². The van der Waals surface area contributed by atoms with Gasteiger partial charge in [0.15, 0.2) is 0 Å². The Labute approximate surface area is 105 Å². The molecule has 0 aliphatic rings. The molecule has 0 unspecified atom stereocenters. The Balaban J connectivity index is 2.27. The highest BCUT2D eigenvalue weighted by Gasteiger charge is 2.04. The monoisotopic (exact) mass is 248 g/mol. The molecule has 0 saturated carbocycles. The van der Waals surface area contributed by atoms with E-state index in [4.69, 9.17) is 0 Å². The summed E-state index contributed by atoms with van der Waals surface area (Å²) in [5, 5.41) is 6.42. The summed E-state index contributed by atoms with van der Waals surface area (Å²) in [6.45, 7) is 4.98. The van der Waals surface area contributed by atoms with Crippen molar-refractivity contribution in [3.8, 4) is 10.6 Å². The van der Waals surface area contributed by atoms with Gasteiger partial charge in [-0.3, -0.25) is 4.79 Å². The van der Waals surface area contributed by atoms with Gasteiger partial charge in [-0.15, -0.1) is 11.3 Å². The molecular weight excluding hydrogens is 232 g/mol. The Bertz CT molecular complexity index is 529. The zero-order valence-electron chi connectivity index (χ0n) is 10.1. The fourth-order valence-corrected chi connectivity index (χ4v) is 2.24. The van der Waals surface area contributed by atoms with Gasteiger partial charge in [0.25, 0.3) is 5.56 Å². The minimum atomic E-state index is -0.0223. The van der Waals surface area contributed by atoms with Gasteiger partial charge in [-0.1, -0.05) is 19.9 Å². The van der Waals surface area contributed by atoms with E-state index in [-0.39, 0.29) is 5.56 Å². The molecule has 3 nitrogen and oxygen atoms in total. The minimum Gasteiger partial charge on any atom is -0.268 e. The van der Waals surface area contributed by atoms with Crippen LogP contribution in [-0.4, -0.2) is 9.78 Å². The van der Waals surface area contributed by atoms with Gasteiger partial charge in [0, 0.05) is 12.6 Å². The van der Waals surface area contributed by atoms with Crippen LogP contribution in [0.25, 0.3) is 10.6 Å². The Kier molecular flexibility index (Phi) is 3.74. The Morgan fingerprint density at radius 2 is 2.18 bits per heavy atom. The second-order valence-electron chi connectivity index (χ2n) is 4.44. The molecule has 0 N–H and O–H groups in total. The van der Waals surface area contributed by atoms with Crippen molar-refractivity contribution in [2.24, 2.45) is 5.92 Å². The molecule has 0 atom stereocenters. The highest BCUT2D eigenvalue weighted by Crippen LogP contribution is 2.21. The zero-order valence-corrected chi connectivity index (χ0v) is 10.9. The standard InChI is InChI=1S/C13H16N2OS/c1-10(2)7-8-15-13(16)6-5-11(14-15)12-4-3-9-17-12/h3-6,9-10H,7-8H2,1-2H3. The average molecular weight is 248 g/mol. The molecule has 0 aliphatic heterocycles. The molecule has 0 aliphatic carbocycles. The van der Waals surface area contributed by atoms with E-state index in [1.54, 1.807) is 28.2 Å². The van der Waals surface area contributed by atoms with Gasteiger partial charge >= 0.3 is 0 Å². The van der Waals surface area contributed by atoms with Crippen LogP contribution in [0.3, 0.4) is 0 Å². The second kappa shape index (κ2) is 5.27. The number of hydrogen-bond donors (Lipinski definition) is 0. The van der Waals surface area contributed by atoms with Gasteiger partial charge in [0.1, 0.15) is 5.69 Å². The predicted octanol–water partition coefficient (Wildman–Crippen LogP) is 3.02. The fraction of sp³-hybridized carbons (Fsp3) is 0.385. The molecule has 0 radical (unpaired) electrons. The van der Waals surface area contributed by atoms with Crippen LogP contribution in [0, 0.1) is 5.92 Å². The molecule has 0 spiro atoms. The zero-order chi connectivity index (χ0) is 12.3. The van der Waals surface area contributed by atoms with Crippen molar-refractivity contribution in [2.45, 2.75) is 26.8 Å². The van der Waals surface area contributed by atoms with Crippen molar-refractivity contribution in [1.82, 2.24) is 9.78 Å². The molecule has 2 aromatic rings. The Morgan fingerprint density at radius 1 is 1.35 bits per heavy atom. The number of rotatable bonds is 4. The van der Waals surface area contributed by atoms with Crippen LogP contribution >= 0.6 is 11.3 Å². The van der Waals surface area contributed by atoms with Crippen LogP contribution in [-0.2, 0) is 6.54 Å². The maximum atomic E-state index is 11.7. The Morgan fingerprint density at radius 3 is 2.82 bits per heavy atom. The van der Waals surface area contributed by atoms with E-state index in [2.05, 4.69) is 18.9 Å². The molecule has 0 amide bonds.